The van der Waals surface area contributed by atoms with Gasteiger partial charge in [0.15, 0.2) is 0 Å². The maximum absolute atomic E-state index is 13.2. The second-order valence-corrected chi connectivity index (χ2v) is 7.38. The fourth-order valence-corrected chi connectivity index (χ4v) is 2.69. The Hall–Kier alpha value is -0.970. The van der Waals surface area contributed by atoms with E-state index in [2.05, 4.69) is 30.7 Å². The van der Waals surface area contributed by atoms with Crippen LogP contribution in [0.3, 0.4) is 0 Å². The first-order valence-corrected chi connectivity index (χ1v) is 6.60. The van der Waals surface area contributed by atoms with E-state index in [4.69, 9.17) is 0 Å². The first-order valence-electron chi connectivity index (χ1n) is 5.79. The molecule has 18 heavy (non-hydrogen) atoms. The lowest BCUT2D eigenvalue weighted by atomic mass is 10.1. The van der Waals surface area contributed by atoms with Crippen molar-refractivity contribution in [1.29, 1.82) is 0 Å². The monoisotopic (exact) mass is 270 g/mol. The number of aromatic nitrogens is 1. The normalized spacial score (nSPS) is 15.6. The second-order valence-electron chi connectivity index (χ2n) is 5.47. The van der Waals surface area contributed by atoms with Crippen molar-refractivity contribution in [1.82, 2.24) is 4.98 Å². The van der Waals surface area contributed by atoms with E-state index >= 15 is 0 Å². The van der Waals surface area contributed by atoms with Crippen LogP contribution >= 0.6 is 11.8 Å². The summed E-state index contributed by atoms with van der Waals surface area (Å²) in [4.78, 5) is 9.21. The van der Waals surface area contributed by atoms with Gasteiger partial charge in [-0.05, 0) is 6.07 Å². The number of nitrogens with zero attached hydrogens (tertiary/aromatic N) is 2. The number of halogens is 2. The summed E-state index contributed by atoms with van der Waals surface area (Å²) >= 11 is 1.66. The van der Waals surface area contributed by atoms with Crippen LogP contribution in [0.25, 0.3) is 0 Å². The number of alkyl halides is 2. The minimum atomic E-state index is -2.86. The number of aliphatic imine (C=N–C) groups is 1. The standard InChI is InChI=1S/C13H16F2N2S/c1-12(2,3)18-8-5-10-9(16-7-8)6-11(17-10)13(4,14)15/h5,7H,6H2,1-4H3. The van der Waals surface area contributed by atoms with Crippen LogP contribution in [0.15, 0.2) is 22.2 Å². The molecule has 0 atom stereocenters. The van der Waals surface area contributed by atoms with Crippen LogP contribution in [0.2, 0.25) is 0 Å². The van der Waals surface area contributed by atoms with Crippen LogP contribution in [-0.2, 0) is 6.42 Å². The number of pyridine rings is 1. The van der Waals surface area contributed by atoms with Crippen LogP contribution in [-0.4, -0.2) is 21.4 Å². The Morgan fingerprint density at radius 2 is 1.89 bits per heavy atom. The molecule has 0 aromatic carbocycles. The molecule has 0 unspecified atom stereocenters. The van der Waals surface area contributed by atoms with E-state index in [0.29, 0.717) is 11.4 Å². The largest absolute Gasteiger partial charge is 0.283 e. The van der Waals surface area contributed by atoms with Gasteiger partial charge in [-0.1, -0.05) is 20.8 Å². The van der Waals surface area contributed by atoms with Crippen molar-refractivity contribution >= 4 is 23.2 Å². The van der Waals surface area contributed by atoms with Crippen molar-refractivity contribution in [3.63, 3.8) is 0 Å². The quantitative estimate of drug-likeness (QED) is 0.750. The van der Waals surface area contributed by atoms with Crippen molar-refractivity contribution in [2.24, 2.45) is 4.99 Å². The predicted molar refractivity (Wildman–Crippen MR) is 71.3 cm³/mol. The highest BCUT2D eigenvalue weighted by molar-refractivity contribution is 8.00. The molecular formula is C13H16F2N2S. The Labute approximate surface area is 110 Å². The van der Waals surface area contributed by atoms with Crippen molar-refractivity contribution in [2.75, 3.05) is 0 Å². The van der Waals surface area contributed by atoms with Gasteiger partial charge in [0.25, 0.3) is 5.92 Å². The number of hydrogen-bond acceptors (Lipinski definition) is 3. The van der Waals surface area contributed by atoms with Gasteiger partial charge < -0.3 is 0 Å². The van der Waals surface area contributed by atoms with Gasteiger partial charge in [-0.3, -0.25) is 4.98 Å². The van der Waals surface area contributed by atoms with Crippen molar-refractivity contribution in [2.45, 2.75) is 49.7 Å². The first-order chi connectivity index (χ1) is 8.15. The molecule has 0 amide bonds. The van der Waals surface area contributed by atoms with E-state index in [9.17, 15) is 8.78 Å². The zero-order valence-corrected chi connectivity index (χ0v) is 11.7. The summed E-state index contributed by atoms with van der Waals surface area (Å²) in [5.74, 6) is -2.86. The number of thioether (sulfide) groups is 1. The van der Waals surface area contributed by atoms with Crippen LogP contribution in [0.4, 0.5) is 14.5 Å². The summed E-state index contributed by atoms with van der Waals surface area (Å²) in [5, 5.41) is 0. The van der Waals surface area contributed by atoms with Crippen LogP contribution < -0.4 is 0 Å². The van der Waals surface area contributed by atoms with Crippen LogP contribution in [0.1, 0.15) is 33.4 Å². The maximum atomic E-state index is 13.2. The molecule has 1 aromatic heterocycles. The molecule has 0 N–H and O–H groups in total. The molecule has 5 heteroatoms. The summed E-state index contributed by atoms with van der Waals surface area (Å²) in [6, 6.07) is 1.84. The van der Waals surface area contributed by atoms with Gasteiger partial charge in [-0.2, -0.15) is 0 Å². The van der Waals surface area contributed by atoms with E-state index in [0.717, 1.165) is 11.8 Å². The van der Waals surface area contributed by atoms with Crippen molar-refractivity contribution in [3.8, 4) is 0 Å². The van der Waals surface area contributed by atoms with Crippen LogP contribution in [0.5, 0.6) is 0 Å². The molecule has 1 aliphatic rings. The summed E-state index contributed by atoms with van der Waals surface area (Å²) in [7, 11) is 0. The number of fused-ring (bicyclic) bond motifs is 1. The molecule has 1 aromatic rings. The molecule has 0 fully saturated rings. The predicted octanol–water partition coefficient (Wildman–Crippen LogP) is 4.26. The smallest absolute Gasteiger partial charge is 0.257 e. The molecule has 0 bridgehead atoms. The topological polar surface area (TPSA) is 25.2 Å². The first kappa shape index (κ1) is 13.5. The molecule has 1 aliphatic heterocycles. The average molecular weight is 270 g/mol. The molecule has 0 radical (unpaired) electrons. The maximum Gasteiger partial charge on any atom is 0.283 e. The van der Waals surface area contributed by atoms with E-state index in [1.54, 1.807) is 18.0 Å². The molecule has 2 heterocycles. The van der Waals surface area contributed by atoms with Gasteiger partial charge >= 0.3 is 0 Å². The Balaban J connectivity index is 2.27. The van der Waals surface area contributed by atoms with E-state index in [-0.39, 0.29) is 16.9 Å². The Morgan fingerprint density at radius 3 is 2.44 bits per heavy atom. The number of rotatable bonds is 2. The third-order valence-corrected chi connectivity index (χ3v) is 3.51. The van der Waals surface area contributed by atoms with Crippen LogP contribution in [0, 0.1) is 0 Å². The molecule has 0 saturated heterocycles. The lowest BCUT2D eigenvalue weighted by Gasteiger charge is -2.17. The third kappa shape index (κ3) is 3.07. The Morgan fingerprint density at radius 1 is 1.22 bits per heavy atom. The van der Waals surface area contributed by atoms with Gasteiger partial charge in [-0.15, -0.1) is 11.8 Å². The molecule has 0 spiro atoms. The SMILES string of the molecule is CC(C)(C)Sc1cnc2c(c1)N=C(C(C)(F)F)C2. The summed E-state index contributed by atoms with van der Waals surface area (Å²) in [5.41, 5.74) is 1.13. The van der Waals surface area contributed by atoms with Crippen molar-refractivity contribution in [3.05, 3.63) is 18.0 Å². The Bertz CT molecular complexity index is 499. The molecule has 0 saturated carbocycles. The van der Waals surface area contributed by atoms with Gasteiger partial charge in [0, 0.05) is 29.2 Å². The van der Waals surface area contributed by atoms with Crippen molar-refractivity contribution < 1.29 is 8.78 Å². The third-order valence-electron chi connectivity index (χ3n) is 2.44. The number of hydrogen-bond donors (Lipinski definition) is 0. The van der Waals surface area contributed by atoms with E-state index in [1.807, 2.05) is 6.07 Å². The fraction of sp³-hybridized carbons (Fsp3) is 0.538. The highest BCUT2D eigenvalue weighted by Gasteiger charge is 2.34. The summed E-state index contributed by atoms with van der Waals surface area (Å²) < 4.78 is 26.5. The zero-order valence-electron chi connectivity index (χ0n) is 10.9. The minimum absolute atomic E-state index is 0.0652. The second kappa shape index (κ2) is 4.30. The molecule has 2 nitrogen and oxygen atoms in total. The lowest BCUT2D eigenvalue weighted by Crippen LogP contribution is -2.24. The van der Waals surface area contributed by atoms with Gasteiger partial charge in [0.05, 0.1) is 17.1 Å². The van der Waals surface area contributed by atoms with Gasteiger partial charge in [0.2, 0.25) is 0 Å². The average Bonchev–Trinajstić information content (AvgIpc) is 2.57. The van der Waals surface area contributed by atoms with E-state index in [1.165, 1.54) is 0 Å². The fourth-order valence-electron chi connectivity index (χ4n) is 1.70. The Kier molecular flexibility index (Phi) is 3.21. The zero-order chi connectivity index (χ0) is 13.6. The summed E-state index contributed by atoms with van der Waals surface area (Å²) in [6.07, 6.45) is 1.89. The van der Waals surface area contributed by atoms with Gasteiger partial charge in [-0.25, -0.2) is 13.8 Å². The molecule has 0 aliphatic carbocycles. The summed E-state index contributed by atoms with van der Waals surface area (Å²) in [6.45, 7) is 7.17. The highest BCUT2D eigenvalue weighted by Crippen LogP contribution is 2.37. The molecule has 2 rings (SSSR count). The molecular weight excluding hydrogens is 254 g/mol. The minimum Gasteiger partial charge on any atom is -0.257 e. The lowest BCUT2D eigenvalue weighted by molar-refractivity contribution is 0.0990. The molecule has 98 valence electrons. The highest BCUT2D eigenvalue weighted by atomic mass is 32.2. The van der Waals surface area contributed by atoms with E-state index < -0.39 is 5.92 Å². The van der Waals surface area contributed by atoms with Gasteiger partial charge in [0.1, 0.15) is 0 Å².